The molecule has 0 unspecified atom stereocenters. The van der Waals surface area contributed by atoms with Crippen LogP contribution in [-0.4, -0.2) is 11.8 Å². The third kappa shape index (κ3) is 4.38. The monoisotopic (exact) mass is 458 g/mol. The predicted octanol–water partition coefficient (Wildman–Crippen LogP) is 6.75. The number of hydrogen-bond donors (Lipinski definition) is 2. The van der Waals surface area contributed by atoms with Crippen LogP contribution in [0.15, 0.2) is 42.5 Å². The fraction of sp³-hybridized carbons (Fsp3) is 0.217. The van der Waals surface area contributed by atoms with E-state index >= 15 is 0 Å². The lowest BCUT2D eigenvalue weighted by molar-refractivity contribution is 0.102. The van der Waals surface area contributed by atoms with E-state index in [1.54, 1.807) is 12.1 Å². The molecule has 2 aromatic carbocycles. The summed E-state index contributed by atoms with van der Waals surface area (Å²) in [4.78, 5) is 27.2. The molecule has 0 saturated carbocycles. The first-order valence-electron chi connectivity index (χ1n) is 9.71. The summed E-state index contributed by atoms with van der Waals surface area (Å²) in [5.74, 6) is -0.574. The largest absolute Gasteiger partial charge is 0.322 e. The standard InChI is InChI=1S/C23H20Cl2N2O2S/c1-13-6-9-15(10-7-13)26-22(29)20-17-4-2-3-5-19(17)30-23(20)27-21(28)16-11-8-14(24)12-18(16)25/h6-12H,2-5H2,1H3,(H,26,29)(H,27,28). The van der Waals surface area contributed by atoms with E-state index < -0.39 is 0 Å². The first-order chi connectivity index (χ1) is 14.4. The summed E-state index contributed by atoms with van der Waals surface area (Å²) in [6, 6.07) is 12.4. The third-order valence-electron chi connectivity index (χ3n) is 5.11. The molecule has 4 rings (SSSR count). The minimum Gasteiger partial charge on any atom is -0.322 e. The number of carbonyl (C=O) groups is 2. The van der Waals surface area contributed by atoms with E-state index in [2.05, 4.69) is 10.6 Å². The molecule has 30 heavy (non-hydrogen) atoms. The van der Waals surface area contributed by atoms with Crippen molar-refractivity contribution < 1.29 is 9.59 Å². The third-order valence-corrected chi connectivity index (χ3v) is 6.87. The Balaban J connectivity index is 1.66. The molecule has 0 radical (unpaired) electrons. The Morgan fingerprint density at radius 1 is 0.933 bits per heavy atom. The van der Waals surface area contributed by atoms with E-state index in [9.17, 15) is 9.59 Å². The van der Waals surface area contributed by atoms with Crippen LogP contribution in [0.1, 0.15) is 49.6 Å². The van der Waals surface area contributed by atoms with Gasteiger partial charge in [-0.2, -0.15) is 0 Å². The van der Waals surface area contributed by atoms with Crippen molar-refractivity contribution in [3.63, 3.8) is 0 Å². The highest BCUT2D eigenvalue weighted by atomic mass is 35.5. The van der Waals surface area contributed by atoms with Gasteiger partial charge in [0.15, 0.2) is 0 Å². The number of aryl methyl sites for hydroxylation is 2. The number of anilines is 2. The number of amides is 2. The number of carbonyl (C=O) groups excluding carboxylic acids is 2. The average Bonchev–Trinajstić information content (AvgIpc) is 3.07. The number of benzene rings is 2. The number of rotatable bonds is 4. The maximum Gasteiger partial charge on any atom is 0.258 e. The Labute approximate surface area is 189 Å². The number of nitrogens with one attached hydrogen (secondary N) is 2. The average molecular weight is 459 g/mol. The normalized spacial score (nSPS) is 12.9. The van der Waals surface area contributed by atoms with Crippen molar-refractivity contribution in [2.75, 3.05) is 10.6 Å². The molecule has 1 aromatic heterocycles. The molecule has 0 saturated heterocycles. The van der Waals surface area contributed by atoms with Crippen LogP contribution >= 0.6 is 34.5 Å². The molecule has 3 aromatic rings. The molecular weight excluding hydrogens is 439 g/mol. The summed E-state index contributed by atoms with van der Waals surface area (Å²) in [6.07, 6.45) is 3.87. The van der Waals surface area contributed by atoms with Crippen LogP contribution in [-0.2, 0) is 12.8 Å². The van der Waals surface area contributed by atoms with Gasteiger partial charge in [-0.15, -0.1) is 11.3 Å². The van der Waals surface area contributed by atoms with Gasteiger partial charge in [-0.3, -0.25) is 9.59 Å². The van der Waals surface area contributed by atoms with Crippen LogP contribution in [0.3, 0.4) is 0 Å². The SMILES string of the molecule is Cc1ccc(NC(=O)c2c(NC(=O)c3ccc(Cl)cc3Cl)sc3c2CCCC3)cc1. The molecule has 1 aliphatic rings. The van der Waals surface area contributed by atoms with E-state index in [1.807, 2.05) is 31.2 Å². The van der Waals surface area contributed by atoms with Gasteiger partial charge in [-0.25, -0.2) is 0 Å². The van der Waals surface area contributed by atoms with Crippen molar-refractivity contribution in [1.29, 1.82) is 0 Å². The van der Waals surface area contributed by atoms with Gasteiger partial charge in [0.2, 0.25) is 0 Å². The minimum absolute atomic E-state index is 0.212. The van der Waals surface area contributed by atoms with Crippen molar-refractivity contribution >= 4 is 57.0 Å². The molecule has 154 valence electrons. The summed E-state index contributed by atoms with van der Waals surface area (Å²) in [6.45, 7) is 2.00. The highest BCUT2D eigenvalue weighted by Crippen LogP contribution is 2.39. The van der Waals surface area contributed by atoms with Crippen LogP contribution in [0.2, 0.25) is 10.0 Å². The summed E-state index contributed by atoms with van der Waals surface area (Å²) >= 11 is 13.6. The molecule has 2 N–H and O–H groups in total. The molecule has 4 nitrogen and oxygen atoms in total. The second kappa shape index (κ2) is 8.80. The smallest absolute Gasteiger partial charge is 0.258 e. The van der Waals surface area contributed by atoms with E-state index in [1.165, 1.54) is 17.4 Å². The molecule has 0 bridgehead atoms. The van der Waals surface area contributed by atoms with Crippen LogP contribution in [0.25, 0.3) is 0 Å². The second-order valence-electron chi connectivity index (χ2n) is 7.31. The highest BCUT2D eigenvalue weighted by Gasteiger charge is 2.27. The Morgan fingerprint density at radius 3 is 2.40 bits per heavy atom. The van der Waals surface area contributed by atoms with Gasteiger partial charge in [0.1, 0.15) is 5.00 Å². The Morgan fingerprint density at radius 2 is 1.67 bits per heavy atom. The maximum atomic E-state index is 13.2. The number of fused-ring (bicyclic) bond motifs is 1. The summed E-state index contributed by atoms with van der Waals surface area (Å²) in [5.41, 5.74) is 3.74. The predicted molar refractivity (Wildman–Crippen MR) is 125 cm³/mol. The van der Waals surface area contributed by atoms with Crippen molar-refractivity contribution in [3.05, 3.63) is 79.6 Å². The van der Waals surface area contributed by atoms with Gasteiger partial charge in [0, 0.05) is 15.6 Å². The van der Waals surface area contributed by atoms with Crippen molar-refractivity contribution in [2.24, 2.45) is 0 Å². The maximum absolute atomic E-state index is 13.2. The molecule has 7 heteroatoms. The molecule has 0 atom stereocenters. The van der Waals surface area contributed by atoms with Crippen LogP contribution < -0.4 is 10.6 Å². The molecule has 0 fully saturated rings. The van der Waals surface area contributed by atoms with Crippen molar-refractivity contribution in [1.82, 2.24) is 0 Å². The summed E-state index contributed by atoms with van der Waals surface area (Å²) < 4.78 is 0. The minimum atomic E-state index is -0.361. The van der Waals surface area contributed by atoms with Gasteiger partial charge < -0.3 is 10.6 Å². The Hall–Kier alpha value is -2.34. The first-order valence-corrected chi connectivity index (χ1v) is 11.3. The quantitative estimate of drug-likeness (QED) is 0.454. The van der Waals surface area contributed by atoms with E-state index in [0.717, 1.165) is 47.4 Å². The van der Waals surface area contributed by atoms with Gasteiger partial charge in [-0.1, -0.05) is 40.9 Å². The molecule has 0 aliphatic heterocycles. The van der Waals surface area contributed by atoms with Crippen molar-refractivity contribution in [2.45, 2.75) is 32.6 Å². The number of halogens is 2. The van der Waals surface area contributed by atoms with Gasteiger partial charge in [0.05, 0.1) is 16.1 Å². The van der Waals surface area contributed by atoms with Crippen LogP contribution in [0.5, 0.6) is 0 Å². The van der Waals surface area contributed by atoms with Crippen molar-refractivity contribution in [3.8, 4) is 0 Å². The van der Waals surface area contributed by atoms with E-state index in [0.29, 0.717) is 21.2 Å². The zero-order chi connectivity index (χ0) is 21.3. The Bertz CT molecular complexity index is 1120. The second-order valence-corrected chi connectivity index (χ2v) is 9.26. The first kappa shape index (κ1) is 20.9. The van der Waals surface area contributed by atoms with E-state index in [4.69, 9.17) is 23.2 Å². The summed E-state index contributed by atoms with van der Waals surface area (Å²) in [5, 5.41) is 7.17. The Kier molecular flexibility index (Phi) is 6.14. The lowest BCUT2D eigenvalue weighted by Crippen LogP contribution is -2.18. The molecule has 2 amide bonds. The van der Waals surface area contributed by atoms with Gasteiger partial charge in [-0.05, 0) is 68.5 Å². The van der Waals surface area contributed by atoms with Crippen LogP contribution in [0.4, 0.5) is 10.7 Å². The number of thiophene rings is 1. The van der Waals surface area contributed by atoms with Gasteiger partial charge in [0.25, 0.3) is 11.8 Å². The molecular formula is C23H20Cl2N2O2S. The zero-order valence-electron chi connectivity index (χ0n) is 16.4. The topological polar surface area (TPSA) is 58.2 Å². The molecule has 1 heterocycles. The zero-order valence-corrected chi connectivity index (χ0v) is 18.7. The molecule has 1 aliphatic carbocycles. The number of hydrogen-bond acceptors (Lipinski definition) is 3. The lowest BCUT2D eigenvalue weighted by Gasteiger charge is -2.13. The molecule has 0 spiro atoms. The summed E-state index contributed by atoms with van der Waals surface area (Å²) in [7, 11) is 0. The lowest BCUT2D eigenvalue weighted by atomic mass is 9.95. The fourth-order valence-corrected chi connectivity index (χ4v) is 5.34. The highest BCUT2D eigenvalue weighted by molar-refractivity contribution is 7.17. The van der Waals surface area contributed by atoms with E-state index in [-0.39, 0.29) is 16.8 Å². The fourth-order valence-electron chi connectivity index (χ4n) is 3.57. The van der Waals surface area contributed by atoms with Crippen LogP contribution in [0, 0.1) is 6.92 Å². The van der Waals surface area contributed by atoms with Gasteiger partial charge >= 0.3 is 0 Å².